The second-order valence-electron chi connectivity index (χ2n) is 8.65. The summed E-state index contributed by atoms with van der Waals surface area (Å²) in [7, 11) is -3.88. The molecule has 0 saturated carbocycles. The highest BCUT2D eigenvalue weighted by atomic mass is 32.3. The van der Waals surface area contributed by atoms with Gasteiger partial charge in [-0.25, -0.2) is 13.4 Å². The van der Waals surface area contributed by atoms with Crippen molar-refractivity contribution < 1.29 is 22.9 Å². The summed E-state index contributed by atoms with van der Waals surface area (Å²) in [6.07, 6.45) is 4.39. The first-order valence-corrected chi connectivity index (χ1v) is 11.9. The van der Waals surface area contributed by atoms with E-state index in [4.69, 9.17) is 9.56 Å². The number of urea groups is 1. The van der Waals surface area contributed by atoms with Crippen LogP contribution in [0.4, 0.5) is 14.9 Å². The summed E-state index contributed by atoms with van der Waals surface area (Å²) in [4.78, 5) is 12.7. The minimum Gasteiger partial charge on any atom is -0.451 e. The van der Waals surface area contributed by atoms with E-state index in [-0.39, 0.29) is 10.9 Å². The van der Waals surface area contributed by atoms with Crippen LogP contribution >= 0.6 is 0 Å². The number of thiol groups is 1. The Bertz CT molecular complexity index is 1050. The van der Waals surface area contributed by atoms with Gasteiger partial charge in [0.15, 0.2) is 5.09 Å². The van der Waals surface area contributed by atoms with E-state index in [9.17, 15) is 18.5 Å². The van der Waals surface area contributed by atoms with Gasteiger partial charge in [-0.05, 0) is 81.5 Å². The molecule has 164 valence electrons. The van der Waals surface area contributed by atoms with Crippen molar-refractivity contribution in [3.63, 3.8) is 0 Å². The van der Waals surface area contributed by atoms with E-state index in [0.29, 0.717) is 53.8 Å². The summed E-state index contributed by atoms with van der Waals surface area (Å²) < 4.78 is 35.6. The van der Waals surface area contributed by atoms with Gasteiger partial charge in [-0.2, -0.15) is 0 Å². The molecule has 2 amide bonds. The number of nitrogens with one attached hydrogen (secondary N) is 2. The van der Waals surface area contributed by atoms with Gasteiger partial charge in [0.05, 0.1) is 15.9 Å². The third-order valence-corrected chi connectivity index (χ3v) is 7.38. The van der Waals surface area contributed by atoms with E-state index < -0.39 is 21.9 Å². The molecule has 1 heterocycles. The van der Waals surface area contributed by atoms with Crippen molar-refractivity contribution in [3.05, 3.63) is 45.5 Å². The topological polar surface area (TPSA) is 118 Å². The Balaban J connectivity index is 1.60. The number of anilines is 1. The van der Waals surface area contributed by atoms with Crippen molar-refractivity contribution in [2.45, 2.75) is 70.0 Å². The summed E-state index contributed by atoms with van der Waals surface area (Å²) in [5.74, 6) is 0.246. The zero-order valence-corrected chi connectivity index (χ0v) is 18.3. The molecule has 2 aromatic rings. The molecule has 1 aromatic heterocycles. The lowest BCUT2D eigenvalue weighted by Crippen LogP contribution is -2.45. The highest BCUT2D eigenvalue weighted by molar-refractivity contribution is 7.99. The zero-order valence-electron chi connectivity index (χ0n) is 17.4. The molecule has 9 heteroatoms. The van der Waals surface area contributed by atoms with Crippen LogP contribution in [0.1, 0.15) is 60.3 Å². The van der Waals surface area contributed by atoms with E-state index in [1.54, 1.807) is 20.8 Å². The largest absolute Gasteiger partial charge is 0.451 e. The molecule has 0 unspecified atom stereocenters. The maximum atomic E-state index is 14.8. The number of amides is 2. The highest BCUT2D eigenvalue weighted by Crippen LogP contribution is 2.41. The number of aryl methyl sites for hydroxylation is 1. The normalized spacial score (nSPS) is 16.3. The van der Waals surface area contributed by atoms with E-state index >= 15 is 0 Å². The monoisotopic (exact) mass is 437 g/mol. The number of fused-ring (bicyclic) bond motifs is 2. The number of benzene rings is 1. The van der Waals surface area contributed by atoms with Gasteiger partial charge in [-0.1, -0.05) is 0 Å². The molecule has 5 N–H and O–H groups in total. The number of hydrogen-bond acceptors (Lipinski definition) is 4. The van der Waals surface area contributed by atoms with Gasteiger partial charge in [-0.15, -0.1) is 0 Å². The third kappa shape index (κ3) is 3.55. The molecule has 4 rings (SSSR count). The molecule has 2 aliphatic carbocycles. The molecule has 0 atom stereocenters. The van der Waals surface area contributed by atoms with Crippen LogP contribution in [0, 0.1) is 12.7 Å². The standard InChI is InChI=1S/C21H28FN3O4S/c1-11-16(21(2,3)27)10-17(29-11)30(23,28)25-20(26)24-19-14-8-4-6-12(14)18(22)13-7-5-9-15(13)19/h10,27,30H,4-9H2,1-3H3,(H4,23,24,25,26,28). The first-order chi connectivity index (χ1) is 14.0. The van der Waals surface area contributed by atoms with E-state index in [1.807, 2.05) is 0 Å². The van der Waals surface area contributed by atoms with Gasteiger partial charge in [0, 0.05) is 17.3 Å². The lowest BCUT2D eigenvalue weighted by Gasteiger charge is -2.21. The van der Waals surface area contributed by atoms with Crippen LogP contribution in [0.3, 0.4) is 0 Å². The van der Waals surface area contributed by atoms with E-state index in [2.05, 4.69) is 10.0 Å². The van der Waals surface area contributed by atoms with Crippen molar-refractivity contribution in [3.8, 4) is 0 Å². The SMILES string of the molecule is Cc1oc([SH](N)(=O)NC(=O)Nc2c3c(c(F)c4c2CCC4)CCC3)cc1C(C)(C)O. The van der Waals surface area contributed by atoms with Gasteiger partial charge >= 0.3 is 6.03 Å². The first-order valence-electron chi connectivity index (χ1n) is 10.2. The lowest BCUT2D eigenvalue weighted by atomic mass is 9.98. The summed E-state index contributed by atoms with van der Waals surface area (Å²) in [5, 5.41) is 18.8. The van der Waals surface area contributed by atoms with Crippen LogP contribution in [0.2, 0.25) is 0 Å². The predicted molar refractivity (Wildman–Crippen MR) is 113 cm³/mol. The highest BCUT2D eigenvalue weighted by Gasteiger charge is 2.31. The molecule has 7 nitrogen and oxygen atoms in total. The average molecular weight is 438 g/mol. The molecule has 0 spiro atoms. The maximum Gasteiger partial charge on any atom is 0.330 e. The number of hydrogen-bond donors (Lipinski definition) is 5. The van der Waals surface area contributed by atoms with Crippen molar-refractivity contribution in [1.29, 1.82) is 0 Å². The van der Waals surface area contributed by atoms with Gasteiger partial charge in [0.2, 0.25) is 0 Å². The number of carbonyl (C=O) groups excluding carboxylic acids is 1. The minimum absolute atomic E-state index is 0.0955. The van der Waals surface area contributed by atoms with Crippen LogP contribution in [0.15, 0.2) is 15.6 Å². The maximum absolute atomic E-state index is 14.8. The van der Waals surface area contributed by atoms with Crippen LogP contribution < -0.4 is 15.2 Å². The fourth-order valence-electron chi connectivity index (χ4n) is 4.62. The van der Waals surface area contributed by atoms with Crippen LogP contribution in [-0.2, 0) is 41.6 Å². The molecule has 0 aliphatic heterocycles. The van der Waals surface area contributed by atoms with Crippen molar-refractivity contribution in [2.75, 3.05) is 5.32 Å². The number of rotatable bonds is 4. The van der Waals surface area contributed by atoms with Gasteiger partial charge in [0.1, 0.15) is 11.6 Å². The smallest absolute Gasteiger partial charge is 0.330 e. The van der Waals surface area contributed by atoms with E-state index in [1.165, 1.54) is 6.07 Å². The molecule has 0 saturated heterocycles. The Morgan fingerprint density at radius 1 is 1.17 bits per heavy atom. The number of aliphatic hydroxyl groups is 1. The quantitative estimate of drug-likeness (QED) is 0.473. The van der Waals surface area contributed by atoms with Crippen LogP contribution in [0.25, 0.3) is 0 Å². The average Bonchev–Trinajstić information content (AvgIpc) is 3.36. The number of carbonyl (C=O) groups is 1. The van der Waals surface area contributed by atoms with Crippen LogP contribution in [-0.4, -0.2) is 15.3 Å². The Hall–Kier alpha value is -2.23. The second kappa shape index (κ2) is 7.18. The molecule has 2 aliphatic rings. The molecular weight excluding hydrogens is 409 g/mol. The third-order valence-electron chi connectivity index (χ3n) is 5.97. The molecule has 0 bridgehead atoms. The lowest BCUT2D eigenvalue weighted by molar-refractivity contribution is 0.0769. The molecular formula is C21H28FN3O4S. The van der Waals surface area contributed by atoms with E-state index in [0.717, 1.165) is 24.0 Å². The molecule has 0 fully saturated rings. The summed E-state index contributed by atoms with van der Waals surface area (Å²) in [6.45, 7) is 4.78. The van der Waals surface area contributed by atoms with Crippen molar-refractivity contribution >= 4 is 22.0 Å². The first kappa shape index (κ1) is 21.0. The number of furan rings is 1. The Morgan fingerprint density at radius 2 is 1.70 bits per heavy atom. The Labute approximate surface area is 175 Å². The Morgan fingerprint density at radius 3 is 2.20 bits per heavy atom. The fraction of sp³-hybridized carbons (Fsp3) is 0.476. The van der Waals surface area contributed by atoms with Gasteiger partial charge in [0.25, 0.3) is 0 Å². The summed E-state index contributed by atoms with van der Waals surface area (Å²) in [5.41, 5.74) is 2.88. The predicted octanol–water partition coefficient (Wildman–Crippen LogP) is 2.92. The van der Waals surface area contributed by atoms with Crippen molar-refractivity contribution in [1.82, 2.24) is 4.72 Å². The van der Waals surface area contributed by atoms with Crippen LogP contribution in [0.5, 0.6) is 0 Å². The summed E-state index contributed by atoms with van der Waals surface area (Å²) in [6, 6.07) is 0.679. The second-order valence-corrected chi connectivity index (χ2v) is 10.6. The Kier molecular flexibility index (Phi) is 5.03. The van der Waals surface area contributed by atoms with Crippen molar-refractivity contribution in [2.24, 2.45) is 5.14 Å². The fourth-order valence-corrected chi connectivity index (χ4v) is 5.68. The minimum atomic E-state index is -3.88. The number of nitrogens with two attached hydrogens (primary N) is 1. The zero-order chi connectivity index (χ0) is 21.8. The molecule has 1 aromatic carbocycles. The molecule has 0 radical (unpaired) electrons. The summed E-state index contributed by atoms with van der Waals surface area (Å²) >= 11 is 0. The molecule has 30 heavy (non-hydrogen) atoms. The van der Waals surface area contributed by atoms with Gasteiger partial charge in [-0.3, -0.25) is 9.86 Å². The van der Waals surface area contributed by atoms with Gasteiger partial charge < -0.3 is 14.8 Å². The number of halogens is 1.